The molecule has 0 radical (unpaired) electrons. The molecule has 0 saturated carbocycles. The summed E-state index contributed by atoms with van der Waals surface area (Å²) in [6.45, 7) is 0.250. The first kappa shape index (κ1) is 18.9. The maximum absolute atomic E-state index is 13.2. The largest absolute Gasteiger partial charge is 0.355 e. The van der Waals surface area contributed by atoms with Crippen molar-refractivity contribution in [2.45, 2.75) is 25.3 Å². The minimum Gasteiger partial charge on any atom is -0.355 e. The molecular weight excluding hydrogens is 325 g/mol. The van der Waals surface area contributed by atoms with Crippen LogP contribution in [0.4, 0.5) is 4.39 Å². The average Bonchev–Trinajstić information content (AvgIpc) is 2.57. The summed E-state index contributed by atoms with van der Waals surface area (Å²) < 4.78 is 13.2. The van der Waals surface area contributed by atoms with Crippen molar-refractivity contribution < 1.29 is 18.8 Å². The molecular formula is C18H24FN3O3. The number of nitrogens with one attached hydrogen (secondary N) is 1. The van der Waals surface area contributed by atoms with E-state index < -0.39 is 12.0 Å². The van der Waals surface area contributed by atoms with Crippen molar-refractivity contribution in [1.29, 1.82) is 0 Å². The van der Waals surface area contributed by atoms with Crippen LogP contribution in [0.15, 0.2) is 24.3 Å². The predicted octanol–water partition coefficient (Wildman–Crippen LogP) is 1.33. The van der Waals surface area contributed by atoms with Crippen molar-refractivity contribution in [3.63, 3.8) is 0 Å². The van der Waals surface area contributed by atoms with E-state index in [4.69, 9.17) is 0 Å². The van der Waals surface area contributed by atoms with Crippen LogP contribution < -0.4 is 5.32 Å². The molecule has 7 heteroatoms. The summed E-state index contributed by atoms with van der Waals surface area (Å²) in [6.07, 6.45) is 0.947. The van der Waals surface area contributed by atoms with Crippen molar-refractivity contribution in [3.05, 3.63) is 35.6 Å². The van der Waals surface area contributed by atoms with Gasteiger partial charge in [-0.2, -0.15) is 0 Å². The molecule has 1 fully saturated rings. The molecule has 1 heterocycles. The highest BCUT2D eigenvalue weighted by Crippen LogP contribution is 2.35. The molecule has 6 nitrogen and oxygen atoms in total. The van der Waals surface area contributed by atoms with Gasteiger partial charge in [-0.25, -0.2) is 4.39 Å². The van der Waals surface area contributed by atoms with Crippen LogP contribution >= 0.6 is 0 Å². The van der Waals surface area contributed by atoms with E-state index in [-0.39, 0.29) is 36.5 Å². The van der Waals surface area contributed by atoms with Gasteiger partial charge in [0.2, 0.25) is 17.7 Å². The number of piperidine rings is 1. The van der Waals surface area contributed by atoms with Crippen molar-refractivity contribution in [1.82, 2.24) is 15.1 Å². The van der Waals surface area contributed by atoms with Crippen LogP contribution in [0.2, 0.25) is 0 Å². The Kier molecular flexibility index (Phi) is 6.12. The van der Waals surface area contributed by atoms with Crippen LogP contribution in [0.25, 0.3) is 0 Å². The van der Waals surface area contributed by atoms with E-state index in [0.717, 1.165) is 5.56 Å². The number of rotatable bonds is 5. The second-order valence-corrected chi connectivity index (χ2v) is 6.48. The molecule has 1 aromatic carbocycles. The van der Waals surface area contributed by atoms with Crippen molar-refractivity contribution in [3.8, 4) is 0 Å². The van der Waals surface area contributed by atoms with E-state index in [0.29, 0.717) is 12.8 Å². The molecule has 1 aliphatic rings. The van der Waals surface area contributed by atoms with Gasteiger partial charge in [-0.3, -0.25) is 14.4 Å². The first-order valence-corrected chi connectivity index (χ1v) is 8.30. The maximum Gasteiger partial charge on any atom is 0.225 e. The Morgan fingerprint density at radius 1 is 1.28 bits per heavy atom. The minimum absolute atomic E-state index is 0.0406. The predicted molar refractivity (Wildman–Crippen MR) is 91.0 cm³/mol. The van der Waals surface area contributed by atoms with Crippen LogP contribution in [-0.2, 0) is 14.4 Å². The summed E-state index contributed by atoms with van der Waals surface area (Å²) in [4.78, 5) is 39.3. The van der Waals surface area contributed by atoms with Crippen molar-refractivity contribution in [2.24, 2.45) is 5.92 Å². The van der Waals surface area contributed by atoms with Crippen LogP contribution in [-0.4, -0.2) is 55.2 Å². The molecule has 0 aromatic heterocycles. The summed E-state index contributed by atoms with van der Waals surface area (Å²) in [5, 5.41) is 2.79. The van der Waals surface area contributed by atoms with Gasteiger partial charge in [0, 0.05) is 40.5 Å². The van der Waals surface area contributed by atoms with Gasteiger partial charge in [0.05, 0.1) is 12.0 Å². The molecule has 25 heavy (non-hydrogen) atoms. The summed E-state index contributed by atoms with van der Waals surface area (Å²) >= 11 is 0. The van der Waals surface area contributed by atoms with Crippen molar-refractivity contribution in [2.75, 3.05) is 27.7 Å². The molecule has 0 aliphatic carbocycles. The molecule has 2 rings (SSSR count). The van der Waals surface area contributed by atoms with Gasteiger partial charge in [-0.15, -0.1) is 0 Å². The molecule has 0 bridgehead atoms. The van der Waals surface area contributed by atoms with Crippen LogP contribution in [0.3, 0.4) is 0 Å². The Bertz CT molecular complexity index is 645. The summed E-state index contributed by atoms with van der Waals surface area (Å²) in [6, 6.07) is 5.42. The standard InChI is InChI=1S/C18H24FN3O3/c1-21(2)15(23)10-11-20-18(25)14-8-9-16(24)22(3)17(14)12-4-6-13(19)7-5-12/h4-7,14,17H,8-11H2,1-3H3,(H,20,25). The third-order valence-electron chi connectivity index (χ3n) is 4.55. The number of carbonyl (C=O) groups is 3. The molecule has 1 N–H and O–H groups in total. The smallest absolute Gasteiger partial charge is 0.225 e. The molecule has 3 amide bonds. The number of carbonyl (C=O) groups excluding carboxylic acids is 3. The Hall–Kier alpha value is -2.44. The summed E-state index contributed by atoms with van der Waals surface area (Å²) in [7, 11) is 4.98. The average molecular weight is 349 g/mol. The van der Waals surface area contributed by atoms with E-state index >= 15 is 0 Å². The SMILES string of the molecule is CN(C)C(=O)CCNC(=O)C1CCC(=O)N(C)C1c1ccc(F)cc1. The van der Waals surface area contributed by atoms with Crippen LogP contribution in [0.1, 0.15) is 30.9 Å². The lowest BCUT2D eigenvalue weighted by Gasteiger charge is -2.38. The highest BCUT2D eigenvalue weighted by molar-refractivity contribution is 5.85. The molecule has 1 saturated heterocycles. The van der Waals surface area contributed by atoms with Crippen LogP contribution in [0, 0.1) is 11.7 Å². The normalized spacial score (nSPS) is 20.3. The van der Waals surface area contributed by atoms with Crippen molar-refractivity contribution >= 4 is 17.7 Å². The molecule has 136 valence electrons. The number of likely N-dealkylation sites (tertiary alicyclic amines) is 1. The van der Waals surface area contributed by atoms with E-state index in [2.05, 4.69) is 5.32 Å². The lowest BCUT2D eigenvalue weighted by Crippen LogP contribution is -2.46. The third-order valence-corrected chi connectivity index (χ3v) is 4.55. The monoisotopic (exact) mass is 349 g/mol. The van der Waals surface area contributed by atoms with Gasteiger partial charge >= 0.3 is 0 Å². The second-order valence-electron chi connectivity index (χ2n) is 6.48. The Balaban J connectivity index is 2.10. The van der Waals surface area contributed by atoms with E-state index in [9.17, 15) is 18.8 Å². The molecule has 1 aromatic rings. The number of nitrogens with zero attached hydrogens (tertiary/aromatic N) is 2. The Morgan fingerprint density at radius 3 is 2.52 bits per heavy atom. The Labute approximate surface area is 147 Å². The van der Waals surface area contributed by atoms with E-state index in [1.807, 2.05) is 0 Å². The fraction of sp³-hybridized carbons (Fsp3) is 0.500. The highest BCUT2D eigenvalue weighted by atomic mass is 19.1. The maximum atomic E-state index is 13.2. The molecule has 1 aliphatic heterocycles. The van der Waals surface area contributed by atoms with Gasteiger partial charge in [-0.1, -0.05) is 12.1 Å². The fourth-order valence-electron chi connectivity index (χ4n) is 3.08. The first-order chi connectivity index (χ1) is 11.8. The van der Waals surface area contributed by atoms with Gasteiger partial charge in [0.25, 0.3) is 0 Å². The minimum atomic E-state index is -0.439. The second kappa shape index (κ2) is 8.09. The number of halogens is 1. The Morgan fingerprint density at radius 2 is 1.92 bits per heavy atom. The highest BCUT2D eigenvalue weighted by Gasteiger charge is 2.38. The van der Waals surface area contributed by atoms with Gasteiger partial charge in [0.15, 0.2) is 0 Å². The number of hydrogen-bond donors (Lipinski definition) is 1. The molecule has 2 atom stereocenters. The van der Waals surface area contributed by atoms with Crippen LogP contribution in [0.5, 0.6) is 0 Å². The zero-order valence-electron chi connectivity index (χ0n) is 14.8. The third kappa shape index (κ3) is 4.55. The molecule has 0 spiro atoms. The fourth-order valence-corrected chi connectivity index (χ4v) is 3.08. The number of benzene rings is 1. The summed E-state index contributed by atoms with van der Waals surface area (Å²) in [5.41, 5.74) is 0.724. The quantitative estimate of drug-likeness (QED) is 0.872. The van der Waals surface area contributed by atoms with E-state index in [1.165, 1.54) is 17.0 Å². The van der Waals surface area contributed by atoms with E-state index in [1.54, 1.807) is 38.2 Å². The van der Waals surface area contributed by atoms with Gasteiger partial charge in [0.1, 0.15) is 5.82 Å². The lowest BCUT2D eigenvalue weighted by molar-refractivity contribution is -0.141. The first-order valence-electron chi connectivity index (χ1n) is 8.30. The van der Waals surface area contributed by atoms with Gasteiger partial charge < -0.3 is 15.1 Å². The zero-order chi connectivity index (χ0) is 18.6. The van der Waals surface area contributed by atoms with Gasteiger partial charge in [-0.05, 0) is 24.1 Å². The molecule has 2 unspecified atom stereocenters. The lowest BCUT2D eigenvalue weighted by atomic mass is 9.84. The number of amides is 3. The topological polar surface area (TPSA) is 69.7 Å². The summed E-state index contributed by atoms with van der Waals surface area (Å²) in [5.74, 6) is -1.09. The number of hydrogen-bond acceptors (Lipinski definition) is 3. The zero-order valence-corrected chi connectivity index (χ0v) is 14.8.